The number of nitrogens with zero attached hydrogens (tertiary/aromatic N) is 1. The van der Waals surface area contributed by atoms with Gasteiger partial charge in [-0.25, -0.2) is 0 Å². The molecule has 0 bridgehead atoms. The van der Waals surface area contributed by atoms with E-state index < -0.39 is 23.4 Å². The number of amides is 1. The average Bonchev–Trinajstić information content (AvgIpc) is 3.72. The van der Waals surface area contributed by atoms with Crippen LogP contribution < -0.4 is 10.1 Å². The number of nitrogens with one attached hydrogen (secondary N) is 1. The van der Waals surface area contributed by atoms with Crippen LogP contribution in [-0.2, 0) is 10.2 Å². The third-order valence-corrected chi connectivity index (χ3v) is 9.38. The Kier molecular flexibility index (Phi) is 6.12. The van der Waals surface area contributed by atoms with Crippen LogP contribution in [0.2, 0.25) is 0 Å². The summed E-state index contributed by atoms with van der Waals surface area (Å²) in [6.07, 6.45) is 4.65. The lowest BCUT2D eigenvalue weighted by atomic mass is 9.63. The quantitative estimate of drug-likeness (QED) is 0.261. The molecular weight excluding hydrogens is 532 g/mol. The number of ether oxygens (including phenoxy) is 1. The SMILES string of the molecule is CCCOc1ccccc1C(=O)[C@@H]1[C@H](C(=O)c2cccs2)[C@]2(C(=O)Nc3ccccc32)[C@H]2c3ccccc3C=CN12. The largest absolute Gasteiger partial charge is 0.493 e. The molecule has 4 aromatic rings. The number of thiophene rings is 1. The molecule has 1 saturated heterocycles. The van der Waals surface area contributed by atoms with E-state index in [2.05, 4.69) is 5.32 Å². The van der Waals surface area contributed by atoms with E-state index in [0.717, 1.165) is 23.1 Å². The maximum absolute atomic E-state index is 14.8. The predicted molar refractivity (Wildman–Crippen MR) is 159 cm³/mol. The summed E-state index contributed by atoms with van der Waals surface area (Å²) in [5.41, 5.74) is 2.37. The summed E-state index contributed by atoms with van der Waals surface area (Å²) in [5.74, 6) is -1.22. The van der Waals surface area contributed by atoms with Crippen molar-refractivity contribution in [3.05, 3.63) is 124 Å². The number of carbonyl (C=O) groups is 3. The first-order valence-electron chi connectivity index (χ1n) is 13.9. The van der Waals surface area contributed by atoms with Crippen LogP contribution in [0.4, 0.5) is 5.69 Å². The zero-order valence-corrected chi connectivity index (χ0v) is 23.3. The molecule has 1 spiro atoms. The Morgan fingerprint density at radius 3 is 2.56 bits per heavy atom. The zero-order chi connectivity index (χ0) is 28.1. The van der Waals surface area contributed by atoms with Gasteiger partial charge in [0.1, 0.15) is 17.2 Å². The molecule has 1 N–H and O–H groups in total. The molecule has 7 rings (SSSR count). The lowest BCUT2D eigenvalue weighted by Crippen LogP contribution is -2.49. The number of ketones is 2. The summed E-state index contributed by atoms with van der Waals surface area (Å²) in [6.45, 7) is 2.48. The Morgan fingerprint density at radius 1 is 0.951 bits per heavy atom. The highest BCUT2D eigenvalue weighted by Gasteiger charge is 2.71. The molecule has 1 amide bonds. The number of carbonyl (C=O) groups excluding carboxylic acids is 3. The first-order chi connectivity index (χ1) is 20.1. The average molecular weight is 561 g/mol. The minimum absolute atomic E-state index is 0.211. The van der Waals surface area contributed by atoms with Gasteiger partial charge in [0.15, 0.2) is 11.6 Å². The van der Waals surface area contributed by atoms with Crippen molar-refractivity contribution in [2.24, 2.45) is 5.92 Å². The number of rotatable bonds is 7. The highest BCUT2D eigenvalue weighted by Crippen LogP contribution is 2.62. The number of fused-ring (bicyclic) bond motifs is 6. The van der Waals surface area contributed by atoms with Crippen LogP contribution in [0.25, 0.3) is 6.08 Å². The van der Waals surface area contributed by atoms with Crippen LogP contribution in [0.5, 0.6) is 5.75 Å². The minimum Gasteiger partial charge on any atom is -0.493 e. The summed E-state index contributed by atoms with van der Waals surface area (Å²) < 4.78 is 6.00. The maximum Gasteiger partial charge on any atom is 0.238 e. The summed E-state index contributed by atoms with van der Waals surface area (Å²) in [7, 11) is 0. The van der Waals surface area contributed by atoms with Crippen LogP contribution in [0, 0.1) is 5.92 Å². The van der Waals surface area contributed by atoms with Gasteiger partial charge in [0.25, 0.3) is 0 Å². The fourth-order valence-electron chi connectivity index (χ4n) is 6.91. The van der Waals surface area contributed by atoms with Gasteiger partial charge >= 0.3 is 0 Å². The first-order valence-corrected chi connectivity index (χ1v) is 14.7. The summed E-state index contributed by atoms with van der Waals surface area (Å²) in [5, 5.41) is 4.94. The third-order valence-electron chi connectivity index (χ3n) is 8.50. The number of benzene rings is 3. The molecule has 41 heavy (non-hydrogen) atoms. The van der Waals surface area contributed by atoms with Gasteiger partial charge in [-0.1, -0.05) is 67.6 Å². The second-order valence-corrected chi connectivity index (χ2v) is 11.6. The van der Waals surface area contributed by atoms with E-state index in [1.807, 2.05) is 96.2 Å². The van der Waals surface area contributed by atoms with Crippen LogP contribution >= 0.6 is 11.3 Å². The molecule has 3 aliphatic heterocycles. The summed E-state index contributed by atoms with van der Waals surface area (Å²) >= 11 is 1.33. The first kappa shape index (κ1) is 25.5. The Balaban J connectivity index is 1.51. The summed E-state index contributed by atoms with van der Waals surface area (Å²) in [4.78, 5) is 46.4. The molecule has 3 aliphatic rings. The van der Waals surface area contributed by atoms with E-state index >= 15 is 0 Å². The smallest absolute Gasteiger partial charge is 0.238 e. The van der Waals surface area contributed by atoms with E-state index in [-0.39, 0.29) is 17.5 Å². The van der Waals surface area contributed by atoms with Crippen molar-refractivity contribution in [2.75, 3.05) is 11.9 Å². The lowest BCUT2D eigenvalue weighted by molar-refractivity contribution is -0.122. The molecule has 0 radical (unpaired) electrons. The van der Waals surface area contributed by atoms with Crippen molar-refractivity contribution in [3.8, 4) is 5.75 Å². The maximum atomic E-state index is 14.8. The molecule has 0 unspecified atom stereocenters. The van der Waals surface area contributed by atoms with Crippen molar-refractivity contribution in [3.63, 3.8) is 0 Å². The van der Waals surface area contributed by atoms with Crippen molar-refractivity contribution < 1.29 is 19.1 Å². The van der Waals surface area contributed by atoms with Gasteiger partial charge in [-0.3, -0.25) is 14.4 Å². The van der Waals surface area contributed by atoms with E-state index in [4.69, 9.17) is 4.74 Å². The van der Waals surface area contributed by atoms with E-state index in [1.165, 1.54) is 11.3 Å². The molecular formula is C34H28N2O4S. The Labute approximate surface area is 242 Å². The van der Waals surface area contributed by atoms with Crippen molar-refractivity contribution in [2.45, 2.75) is 30.8 Å². The fraction of sp³-hybridized carbons (Fsp3) is 0.206. The molecule has 6 nitrogen and oxygen atoms in total. The molecule has 1 aromatic heterocycles. The van der Waals surface area contributed by atoms with Gasteiger partial charge in [0, 0.05) is 11.9 Å². The molecule has 204 valence electrons. The molecule has 7 heteroatoms. The number of Topliss-reactive ketones (excluding diaryl/α,β-unsaturated/α-hetero) is 2. The van der Waals surface area contributed by atoms with Crippen molar-refractivity contribution in [1.29, 1.82) is 0 Å². The molecule has 4 heterocycles. The Bertz CT molecular complexity index is 1710. The molecule has 1 fully saturated rings. The van der Waals surface area contributed by atoms with Crippen molar-refractivity contribution in [1.82, 2.24) is 4.90 Å². The predicted octanol–water partition coefficient (Wildman–Crippen LogP) is 6.52. The van der Waals surface area contributed by atoms with Gasteiger partial charge in [-0.15, -0.1) is 11.3 Å². The molecule has 0 aliphatic carbocycles. The van der Waals surface area contributed by atoms with Crippen LogP contribution in [0.3, 0.4) is 0 Å². The third kappa shape index (κ3) is 3.65. The molecule has 3 aromatic carbocycles. The van der Waals surface area contributed by atoms with Gasteiger partial charge in [0.2, 0.25) is 5.91 Å². The number of anilines is 1. The normalized spacial score (nSPS) is 23.6. The van der Waals surface area contributed by atoms with Crippen LogP contribution in [0.15, 0.2) is 96.5 Å². The van der Waals surface area contributed by atoms with Gasteiger partial charge in [-0.05, 0) is 58.8 Å². The second kappa shape index (κ2) is 9.85. The van der Waals surface area contributed by atoms with Gasteiger partial charge in [-0.2, -0.15) is 0 Å². The number of para-hydroxylation sites is 2. The van der Waals surface area contributed by atoms with Gasteiger partial charge in [0.05, 0.1) is 29.0 Å². The summed E-state index contributed by atoms with van der Waals surface area (Å²) in [6, 6.07) is 24.8. The second-order valence-electron chi connectivity index (χ2n) is 10.6. The lowest BCUT2D eigenvalue weighted by Gasteiger charge is -2.38. The van der Waals surface area contributed by atoms with E-state index in [9.17, 15) is 14.4 Å². The fourth-order valence-corrected chi connectivity index (χ4v) is 7.61. The van der Waals surface area contributed by atoms with E-state index in [0.29, 0.717) is 28.5 Å². The number of hydrogen-bond acceptors (Lipinski definition) is 6. The van der Waals surface area contributed by atoms with Crippen molar-refractivity contribution >= 4 is 40.6 Å². The Hall–Kier alpha value is -4.49. The topological polar surface area (TPSA) is 75.7 Å². The number of hydrogen-bond donors (Lipinski definition) is 1. The van der Waals surface area contributed by atoms with Crippen LogP contribution in [0.1, 0.15) is 56.1 Å². The highest BCUT2D eigenvalue weighted by atomic mass is 32.1. The zero-order valence-electron chi connectivity index (χ0n) is 22.4. The minimum atomic E-state index is -1.34. The standard InChI is InChI=1S/C34H28N2O4S/c1-2-19-40-26-15-8-5-12-23(26)30(37)29-28(31(38)27-16-9-20-41-27)34(24-13-6-7-14-25(24)35-33(34)39)32-22-11-4-3-10-21(22)17-18-36(29)32/h3-18,20,28-29,32H,2,19H2,1H3,(H,35,39)/t28-,29+,32-,34+/m1/s1. The van der Waals surface area contributed by atoms with Gasteiger partial charge < -0.3 is 15.0 Å². The van der Waals surface area contributed by atoms with Crippen LogP contribution in [-0.4, -0.2) is 35.0 Å². The molecule has 0 saturated carbocycles. The Morgan fingerprint density at radius 2 is 1.73 bits per heavy atom. The van der Waals surface area contributed by atoms with E-state index in [1.54, 1.807) is 18.2 Å². The highest BCUT2D eigenvalue weighted by molar-refractivity contribution is 7.12. The molecule has 4 atom stereocenters. The monoisotopic (exact) mass is 560 g/mol.